The Labute approximate surface area is 81.6 Å². The molecule has 3 heteroatoms. The molecule has 1 aromatic carbocycles. The van der Waals surface area contributed by atoms with E-state index in [0.29, 0.717) is 0 Å². The summed E-state index contributed by atoms with van der Waals surface area (Å²) in [5.41, 5.74) is 3.24. The van der Waals surface area contributed by atoms with Gasteiger partial charge in [-0.1, -0.05) is 17.7 Å². The first kappa shape index (κ1) is 10.4. The van der Waals surface area contributed by atoms with Crippen molar-refractivity contribution < 1.29 is 8.39 Å². The lowest BCUT2D eigenvalue weighted by Crippen LogP contribution is -2.00. The van der Waals surface area contributed by atoms with Gasteiger partial charge in [-0.15, -0.1) is 0 Å². The van der Waals surface area contributed by atoms with Crippen LogP contribution in [-0.2, 0) is 15.3 Å². The summed E-state index contributed by atoms with van der Waals surface area (Å²) in [7, 11) is 1.45. The van der Waals surface area contributed by atoms with Crippen molar-refractivity contribution in [2.24, 2.45) is 0 Å². The highest BCUT2D eigenvalue weighted by Crippen LogP contribution is 2.20. The first-order valence-electron chi connectivity index (χ1n) is 4.10. The molecule has 0 aliphatic rings. The maximum Gasteiger partial charge on any atom is 0.189 e. The van der Waals surface area contributed by atoms with Crippen molar-refractivity contribution >= 4 is 11.1 Å². The van der Waals surface area contributed by atoms with Gasteiger partial charge in [0.05, 0.1) is 12.0 Å². The second kappa shape index (κ2) is 4.03. The summed E-state index contributed by atoms with van der Waals surface area (Å²) in [6, 6.07) is 4.03. The van der Waals surface area contributed by atoms with Gasteiger partial charge in [-0.25, -0.2) is 4.21 Å². The minimum Gasteiger partial charge on any atom is -0.290 e. The molecule has 0 aliphatic heterocycles. The van der Waals surface area contributed by atoms with Gasteiger partial charge in [0.25, 0.3) is 0 Å². The van der Waals surface area contributed by atoms with Gasteiger partial charge in [-0.2, -0.15) is 0 Å². The van der Waals surface area contributed by atoms with Crippen molar-refractivity contribution in [3.63, 3.8) is 0 Å². The van der Waals surface area contributed by atoms with Crippen LogP contribution in [0, 0.1) is 20.8 Å². The molecule has 0 radical (unpaired) electrons. The van der Waals surface area contributed by atoms with Crippen molar-refractivity contribution in [3.8, 4) is 0 Å². The van der Waals surface area contributed by atoms with E-state index in [0.717, 1.165) is 16.0 Å². The van der Waals surface area contributed by atoms with E-state index in [1.54, 1.807) is 0 Å². The van der Waals surface area contributed by atoms with Crippen LogP contribution < -0.4 is 0 Å². The Morgan fingerprint density at radius 3 is 2.00 bits per heavy atom. The lowest BCUT2D eigenvalue weighted by molar-refractivity contribution is 0.445. The second-order valence-electron chi connectivity index (χ2n) is 3.13. The van der Waals surface area contributed by atoms with Crippen molar-refractivity contribution in [1.29, 1.82) is 0 Å². The molecule has 1 rings (SSSR count). The van der Waals surface area contributed by atoms with Crippen LogP contribution >= 0.6 is 0 Å². The topological polar surface area (TPSA) is 26.3 Å². The van der Waals surface area contributed by atoms with E-state index in [9.17, 15) is 4.21 Å². The zero-order valence-corrected chi connectivity index (χ0v) is 9.20. The molecule has 0 saturated carbocycles. The smallest absolute Gasteiger partial charge is 0.189 e. The van der Waals surface area contributed by atoms with Gasteiger partial charge in [-0.3, -0.25) is 4.18 Å². The standard InChI is InChI=1S/C10H14O2S/c1-7-5-8(2)10(9(3)6-7)13(11)12-4/h5-6H,1-4H3/t13-/m1/s1. The lowest BCUT2D eigenvalue weighted by atomic mass is 10.1. The van der Waals surface area contributed by atoms with Crippen molar-refractivity contribution in [2.75, 3.05) is 7.11 Å². The molecule has 0 fully saturated rings. The van der Waals surface area contributed by atoms with E-state index in [-0.39, 0.29) is 0 Å². The molecule has 1 atom stereocenters. The molecule has 0 aliphatic carbocycles. The normalized spacial score (nSPS) is 12.9. The molecule has 0 spiro atoms. The first-order chi connectivity index (χ1) is 6.06. The highest BCUT2D eigenvalue weighted by atomic mass is 32.2. The van der Waals surface area contributed by atoms with E-state index in [2.05, 4.69) is 0 Å². The summed E-state index contributed by atoms with van der Waals surface area (Å²) >= 11 is -1.32. The average molecular weight is 198 g/mol. The fourth-order valence-corrected chi connectivity index (χ4v) is 2.32. The Bertz CT molecular complexity index is 322. The predicted octanol–water partition coefficient (Wildman–Crippen LogP) is 2.28. The molecule has 0 unspecified atom stereocenters. The molecule has 72 valence electrons. The summed E-state index contributed by atoms with van der Waals surface area (Å²) in [6.07, 6.45) is 0. The van der Waals surface area contributed by atoms with E-state index >= 15 is 0 Å². The van der Waals surface area contributed by atoms with Gasteiger partial charge in [-0.05, 0) is 31.9 Å². The van der Waals surface area contributed by atoms with Crippen LogP contribution in [0.2, 0.25) is 0 Å². The maximum atomic E-state index is 11.5. The minimum atomic E-state index is -1.32. The lowest BCUT2D eigenvalue weighted by Gasteiger charge is -2.08. The first-order valence-corrected chi connectivity index (χ1v) is 5.18. The van der Waals surface area contributed by atoms with Crippen LogP contribution in [0.3, 0.4) is 0 Å². The minimum absolute atomic E-state index is 0.799. The van der Waals surface area contributed by atoms with E-state index in [1.165, 1.54) is 12.7 Å². The van der Waals surface area contributed by atoms with Crippen LogP contribution in [0.15, 0.2) is 17.0 Å². The summed E-state index contributed by atoms with van der Waals surface area (Å²) in [5.74, 6) is 0. The molecular weight excluding hydrogens is 184 g/mol. The molecule has 0 aromatic heterocycles. The highest BCUT2D eigenvalue weighted by Gasteiger charge is 2.10. The largest absolute Gasteiger partial charge is 0.290 e. The third-order valence-corrected chi connectivity index (χ3v) is 3.20. The van der Waals surface area contributed by atoms with E-state index < -0.39 is 11.1 Å². The van der Waals surface area contributed by atoms with E-state index in [4.69, 9.17) is 4.18 Å². The Kier molecular flexibility index (Phi) is 3.22. The van der Waals surface area contributed by atoms with Crippen molar-refractivity contribution in [2.45, 2.75) is 25.7 Å². The van der Waals surface area contributed by atoms with Gasteiger partial charge in [0.15, 0.2) is 11.1 Å². The molecule has 0 bridgehead atoms. The van der Waals surface area contributed by atoms with Crippen LogP contribution in [0.5, 0.6) is 0 Å². The molecule has 0 amide bonds. The monoisotopic (exact) mass is 198 g/mol. The summed E-state index contributed by atoms with van der Waals surface area (Å²) in [6.45, 7) is 5.93. The van der Waals surface area contributed by atoms with Gasteiger partial charge in [0.2, 0.25) is 0 Å². The predicted molar refractivity (Wildman–Crippen MR) is 54.1 cm³/mol. The zero-order chi connectivity index (χ0) is 10.0. The molecule has 0 heterocycles. The van der Waals surface area contributed by atoms with Crippen LogP contribution in [0.25, 0.3) is 0 Å². The van der Waals surface area contributed by atoms with Gasteiger partial charge in [0.1, 0.15) is 0 Å². The fraction of sp³-hybridized carbons (Fsp3) is 0.400. The molecule has 0 N–H and O–H groups in total. The highest BCUT2D eigenvalue weighted by molar-refractivity contribution is 7.80. The summed E-state index contributed by atoms with van der Waals surface area (Å²) < 4.78 is 16.3. The zero-order valence-electron chi connectivity index (χ0n) is 8.38. The Balaban J connectivity index is 3.28. The third-order valence-electron chi connectivity index (χ3n) is 1.92. The molecule has 1 aromatic rings. The molecule has 13 heavy (non-hydrogen) atoms. The molecule has 0 saturated heterocycles. The van der Waals surface area contributed by atoms with E-state index in [1.807, 2.05) is 32.9 Å². The third kappa shape index (κ3) is 2.17. The summed E-state index contributed by atoms with van der Waals surface area (Å²) in [4.78, 5) is 0.799. The molecule has 2 nitrogen and oxygen atoms in total. The van der Waals surface area contributed by atoms with Crippen molar-refractivity contribution in [3.05, 3.63) is 28.8 Å². The Morgan fingerprint density at radius 2 is 1.62 bits per heavy atom. The number of aryl methyl sites for hydroxylation is 3. The van der Waals surface area contributed by atoms with Gasteiger partial charge in [0, 0.05) is 0 Å². The Morgan fingerprint density at radius 1 is 1.15 bits per heavy atom. The quantitative estimate of drug-likeness (QED) is 0.728. The van der Waals surface area contributed by atoms with Crippen LogP contribution in [0.4, 0.5) is 0 Å². The average Bonchev–Trinajstić information content (AvgIpc) is 2.02. The fourth-order valence-electron chi connectivity index (χ4n) is 1.51. The van der Waals surface area contributed by atoms with Crippen molar-refractivity contribution in [1.82, 2.24) is 0 Å². The number of hydrogen-bond acceptors (Lipinski definition) is 2. The number of hydrogen-bond donors (Lipinski definition) is 0. The second-order valence-corrected chi connectivity index (χ2v) is 4.34. The van der Waals surface area contributed by atoms with Gasteiger partial charge >= 0.3 is 0 Å². The molecular formula is C10H14O2S. The number of benzene rings is 1. The summed E-state index contributed by atoms with van der Waals surface area (Å²) in [5, 5.41) is 0. The number of rotatable bonds is 2. The van der Waals surface area contributed by atoms with Crippen LogP contribution in [-0.4, -0.2) is 11.3 Å². The van der Waals surface area contributed by atoms with Gasteiger partial charge < -0.3 is 0 Å². The maximum absolute atomic E-state index is 11.5. The van der Waals surface area contributed by atoms with Crippen LogP contribution in [0.1, 0.15) is 16.7 Å². The SMILES string of the molecule is CO[S@@](=O)c1c(C)cc(C)cc1C. The Hall–Kier alpha value is -0.670.